The molecule has 1 aliphatic heterocycles. The van der Waals surface area contributed by atoms with Gasteiger partial charge in [-0.05, 0) is 44.7 Å². The number of carbonyl (C=O) groups is 1. The second-order valence-corrected chi connectivity index (χ2v) is 10.2. The van der Waals surface area contributed by atoms with Crippen LogP contribution in [0.3, 0.4) is 0 Å². The van der Waals surface area contributed by atoms with Crippen molar-refractivity contribution in [2.45, 2.75) is 63.4 Å². The molecule has 156 valence electrons. The van der Waals surface area contributed by atoms with Crippen LogP contribution in [0.4, 0.5) is 0 Å². The van der Waals surface area contributed by atoms with Crippen LogP contribution in [-0.4, -0.2) is 61.8 Å². The van der Waals surface area contributed by atoms with Gasteiger partial charge in [0.15, 0.2) is 0 Å². The van der Waals surface area contributed by atoms with Crippen LogP contribution in [0, 0.1) is 12.8 Å². The second-order valence-electron chi connectivity index (χ2n) is 8.31. The van der Waals surface area contributed by atoms with Crippen LogP contribution in [0.25, 0.3) is 0 Å². The zero-order valence-electron chi connectivity index (χ0n) is 17.2. The Morgan fingerprint density at radius 2 is 1.68 bits per heavy atom. The minimum Gasteiger partial charge on any atom is -0.352 e. The van der Waals surface area contributed by atoms with Gasteiger partial charge in [0.1, 0.15) is 0 Å². The largest absolute Gasteiger partial charge is 0.352 e. The number of benzene rings is 1. The van der Waals surface area contributed by atoms with Crippen LogP contribution in [0.15, 0.2) is 29.2 Å². The van der Waals surface area contributed by atoms with E-state index in [1.54, 1.807) is 12.1 Å². The normalized spacial score (nSPS) is 26.0. The van der Waals surface area contributed by atoms with E-state index in [-0.39, 0.29) is 18.0 Å². The van der Waals surface area contributed by atoms with Crippen LogP contribution < -0.4 is 5.32 Å². The van der Waals surface area contributed by atoms with Crippen LogP contribution in [0.2, 0.25) is 0 Å². The fourth-order valence-corrected chi connectivity index (χ4v) is 5.61. The first kappa shape index (κ1) is 21.3. The summed E-state index contributed by atoms with van der Waals surface area (Å²) in [7, 11) is -3.47. The summed E-state index contributed by atoms with van der Waals surface area (Å²) in [6, 6.07) is 7.01. The number of nitrogens with one attached hydrogen (secondary N) is 1. The van der Waals surface area contributed by atoms with E-state index in [0.717, 1.165) is 12.0 Å². The molecule has 0 unspecified atom stereocenters. The molecule has 0 radical (unpaired) electrons. The third kappa shape index (κ3) is 4.75. The molecule has 2 fully saturated rings. The van der Waals surface area contributed by atoms with Crippen molar-refractivity contribution in [3.05, 3.63) is 29.8 Å². The first-order valence-electron chi connectivity index (χ1n) is 10.4. The van der Waals surface area contributed by atoms with Crippen LogP contribution >= 0.6 is 0 Å². The lowest BCUT2D eigenvalue weighted by Gasteiger charge is -2.38. The van der Waals surface area contributed by atoms with Crippen molar-refractivity contribution in [2.75, 3.05) is 26.2 Å². The van der Waals surface area contributed by atoms with Gasteiger partial charge >= 0.3 is 0 Å². The Hall–Kier alpha value is -1.44. The third-order valence-electron chi connectivity index (χ3n) is 6.30. The standard InChI is InChI=1S/C21H33N3O3S/c1-16-8-10-19(11-9-16)28(26,27)24-14-12-23(13-15-24)18(3)21(25)22-20-7-5-4-6-17(20)2/h8-11,17-18,20H,4-7,12-15H2,1-3H3,(H,22,25)/t17-,18+,20-/m0/s1. The first-order chi connectivity index (χ1) is 13.3. The number of sulfonamides is 1. The van der Waals surface area contributed by atoms with Crippen LogP contribution in [0.1, 0.15) is 45.1 Å². The predicted molar refractivity (Wildman–Crippen MR) is 111 cm³/mol. The maximum atomic E-state index is 12.8. The van der Waals surface area contributed by atoms with Crippen LogP contribution in [0.5, 0.6) is 0 Å². The summed E-state index contributed by atoms with van der Waals surface area (Å²) in [6.45, 7) is 8.03. The van der Waals surface area contributed by atoms with Gasteiger partial charge < -0.3 is 5.32 Å². The zero-order valence-corrected chi connectivity index (χ0v) is 18.0. The van der Waals surface area contributed by atoms with Crippen LogP contribution in [-0.2, 0) is 14.8 Å². The molecule has 1 heterocycles. The lowest BCUT2D eigenvalue weighted by molar-refractivity contribution is -0.127. The van der Waals surface area contributed by atoms with Gasteiger partial charge in [-0.2, -0.15) is 4.31 Å². The van der Waals surface area contributed by atoms with E-state index in [0.29, 0.717) is 37.0 Å². The fourth-order valence-electron chi connectivity index (χ4n) is 4.19. The summed E-state index contributed by atoms with van der Waals surface area (Å²) >= 11 is 0. The molecule has 1 saturated heterocycles. The van der Waals surface area contributed by atoms with E-state index in [4.69, 9.17) is 0 Å². The Balaban J connectivity index is 1.55. The maximum Gasteiger partial charge on any atom is 0.243 e. The smallest absolute Gasteiger partial charge is 0.243 e. The Bertz CT molecular complexity index is 771. The number of hydrogen-bond donors (Lipinski definition) is 1. The van der Waals surface area contributed by atoms with Gasteiger partial charge in [0.2, 0.25) is 15.9 Å². The second kappa shape index (κ2) is 8.93. The number of hydrogen-bond acceptors (Lipinski definition) is 4. The summed E-state index contributed by atoms with van der Waals surface area (Å²) in [4.78, 5) is 15.1. The van der Waals surface area contributed by atoms with E-state index in [2.05, 4.69) is 17.1 Å². The van der Waals surface area contributed by atoms with Gasteiger partial charge in [-0.15, -0.1) is 0 Å². The summed E-state index contributed by atoms with van der Waals surface area (Å²) in [5, 5.41) is 3.23. The molecule has 0 bridgehead atoms. The average molecular weight is 408 g/mol. The molecule has 28 heavy (non-hydrogen) atoms. The number of piperazine rings is 1. The molecule has 1 N–H and O–H groups in total. The van der Waals surface area contributed by atoms with Gasteiger partial charge in [-0.3, -0.25) is 9.69 Å². The molecule has 2 aliphatic rings. The molecule has 7 heteroatoms. The summed E-state index contributed by atoms with van der Waals surface area (Å²) in [5.41, 5.74) is 1.04. The molecule has 1 aromatic rings. The Labute approximate surface area is 169 Å². The topological polar surface area (TPSA) is 69.7 Å². The number of rotatable bonds is 5. The molecule has 1 aromatic carbocycles. The van der Waals surface area contributed by atoms with Crippen molar-refractivity contribution in [1.82, 2.24) is 14.5 Å². The number of nitrogens with zero attached hydrogens (tertiary/aromatic N) is 2. The molecule has 3 rings (SSSR count). The number of carbonyl (C=O) groups excluding carboxylic acids is 1. The molecular formula is C21H33N3O3S. The summed E-state index contributed by atoms with van der Waals surface area (Å²) < 4.78 is 27.2. The lowest BCUT2D eigenvalue weighted by Crippen LogP contribution is -2.56. The molecule has 0 aromatic heterocycles. The molecule has 1 saturated carbocycles. The Morgan fingerprint density at radius 3 is 2.29 bits per heavy atom. The quantitative estimate of drug-likeness (QED) is 0.814. The minimum absolute atomic E-state index is 0.0635. The van der Waals surface area contributed by atoms with Gasteiger partial charge in [0.05, 0.1) is 10.9 Å². The third-order valence-corrected chi connectivity index (χ3v) is 8.21. The molecular weight excluding hydrogens is 374 g/mol. The predicted octanol–water partition coefficient (Wildman–Crippen LogP) is 2.38. The average Bonchev–Trinajstić information content (AvgIpc) is 2.69. The van der Waals surface area contributed by atoms with Crippen molar-refractivity contribution < 1.29 is 13.2 Å². The lowest BCUT2D eigenvalue weighted by atomic mass is 9.86. The number of amides is 1. The van der Waals surface area contributed by atoms with Crippen molar-refractivity contribution in [2.24, 2.45) is 5.92 Å². The minimum atomic E-state index is -3.47. The van der Waals surface area contributed by atoms with Gasteiger partial charge in [0, 0.05) is 32.2 Å². The zero-order chi connectivity index (χ0) is 20.3. The monoisotopic (exact) mass is 407 g/mol. The van der Waals surface area contributed by atoms with E-state index in [9.17, 15) is 13.2 Å². The highest BCUT2D eigenvalue weighted by Crippen LogP contribution is 2.24. The molecule has 1 amide bonds. The Kier molecular flexibility index (Phi) is 6.78. The first-order valence-corrected chi connectivity index (χ1v) is 11.8. The van der Waals surface area contributed by atoms with Crippen molar-refractivity contribution >= 4 is 15.9 Å². The summed E-state index contributed by atoms with van der Waals surface area (Å²) in [6.07, 6.45) is 4.66. The Morgan fingerprint density at radius 1 is 1.07 bits per heavy atom. The highest BCUT2D eigenvalue weighted by atomic mass is 32.2. The van der Waals surface area contributed by atoms with Gasteiger partial charge in [0.25, 0.3) is 0 Å². The summed E-state index contributed by atoms with van der Waals surface area (Å²) in [5.74, 6) is 0.593. The molecule has 1 aliphatic carbocycles. The van der Waals surface area contributed by atoms with E-state index < -0.39 is 10.0 Å². The van der Waals surface area contributed by atoms with Gasteiger partial charge in [-0.25, -0.2) is 8.42 Å². The van der Waals surface area contributed by atoms with Crippen molar-refractivity contribution in [3.8, 4) is 0 Å². The van der Waals surface area contributed by atoms with Crippen molar-refractivity contribution in [3.63, 3.8) is 0 Å². The molecule has 6 nitrogen and oxygen atoms in total. The van der Waals surface area contributed by atoms with Gasteiger partial charge in [-0.1, -0.05) is 37.5 Å². The van der Waals surface area contributed by atoms with E-state index in [1.807, 2.05) is 26.0 Å². The molecule has 3 atom stereocenters. The molecule has 0 spiro atoms. The SMILES string of the molecule is Cc1ccc(S(=O)(=O)N2CCN([C@H](C)C(=O)N[C@H]3CCCC[C@@H]3C)CC2)cc1. The van der Waals surface area contributed by atoms with E-state index in [1.165, 1.54) is 23.6 Å². The highest BCUT2D eigenvalue weighted by Gasteiger charge is 2.33. The fraction of sp³-hybridized carbons (Fsp3) is 0.667. The highest BCUT2D eigenvalue weighted by molar-refractivity contribution is 7.89. The number of aryl methyl sites for hydroxylation is 1. The van der Waals surface area contributed by atoms with Crippen molar-refractivity contribution in [1.29, 1.82) is 0 Å². The van der Waals surface area contributed by atoms with E-state index >= 15 is 0 Å². The maximum absolute atomic E-state index is 12.8.